The molecule has 2 saturated heterocycles. The van der Waals surface area contributed by atoms with Crippen molar-refractivity contribution in [1.82, 2.24) is 24.8 Å². The summed E-state index contributed by atoms with van der Waals surface area (Å²) in [6.45, 7) is 5.78. The van der Waals surface area contributed by atoms with E-state index in [0.717, 1.165) is 61.9 Å². The molecule has 0 unspecified atom stereocenters. The van der Waals surface area contributed by atoms with Gasteiger partial charge in [0, 0.05) is 32.6 Å². The molecule has 0 aliphatic carbocycles. The lowest BCUT2D eigenvalue weighted by molar-refractivity contribution is -0.128. The number of rotatable bonds is 13. The van der Waals surface area contributed by atoms with E-state index in [0.29, 0.717) is 37.2 Å². The molecule has 0 atom stereocenters. The average molecular weight is 561 g/mol. The lowest BCUT2D eigenvalue weighted by Gasteiger charge is -2.26. The Morgan fingerprint density at radius 2 is 1.59 bits per heavy atom. The van der Waals surface area contributed by atoms with Crippen molar-refractivity contribution in [2.75, 3.05) is 58.4 Å². The highest BCUT2D eigenvalue weighted by atomic mass is 16.5. The van der Waals surface area contributed by atoms with Crippen molar-refractivity contribution in [3.05, 3.63) is 71.3 Å². The first-order valence-electron chi connectivity index (χ1n) is 14.0. The lowest BCUT2D eigenvalue weighted by atomic mass is 10.1. The number of methoxy groups -OCH3 is 1. The first-order chi connectivity index (χ1) is 20.0. The summed E-state index contributed by atoms with van der Waals surface area (Å²) in [4.78, 5) is 41.6. The third kappa shape index (κ3) is 8.45. The van der Waals surface area contributed by atoms with Crippen molar-refractivity contribution < 1.29 is 23.8 Å². The summed E-state index contributed by atoms with van der Waals surface area (Å²) < 4.78 is 16.5. The number of anilines is 1. The second-order valence-electron chi connectivity index (χ2n) is 10.1. The number of aromatic nitrogens is 3. The predicted molar refractivity (Wildman–Crippen MR) is 152 cm³/mol. The number of carbonyl (C=O) groups is 2. The van der Waals surface area contributed by atoms with E-state index < -0.39 is 0 Å². The number of hydrogen-bond acceptors (Lipinski definition) is 10. The zero-order valence-corrected chi connectivity index (χ0v) is 23.4. The Bertz CT molecular complexity index is 1310. The van der Waals surface area contributed by atoms with Crippen molar-refractivity contribution in [2.24, 2.45) is 0 Å². The number of amides is 1. The van der Waals surface area contributed by atoms with Crippen LogP contribution >= 0.6 is 0 Å². The van der Waals surface area contributed by atoms with E-state index in [9.17, 15) is 9.59 Å². The van der Waals surface area contributed by atoms with E-state index in [2.05, 4.69) is 37.3 Å². The molecule has 2 fully saturated rings. The highest BCUT2D eigenvalue weighted by Crippen LogP contribution is 2.17. The number of hydrogen-bond donors (Lipinski definition) is 1. The quantitative estimate of drug-likeness (QED) is 0.312. The van der Waals surface area contributed by atoms with E-state index in [1.54, 1.807) is 7.11 Å². The number of ketones is 1. The van der Waals surface area contributed by atoms with Gasteiger partial charge in [-0.05, 0) is 41.8 Å². The van der Waals surface area contributed by atoms with Crippen LogP contribution in [0, 0.1) is 0 Å². The topological polar surface area (TPSA) is 119 Å². The van der Waals surface area contributed by atoms with Gasteiger partial charge in [-0.2, -0.15) is 9.97 Å². The molecule has 5 rings (SSSR count). The largest absolute Gasteiger partial charge is 0.497 e. The molecule has 2 aliphatic heterocycles. The molecule has 11 nitrogen and oxygen atoms in total. The maximum absolute atomic E-state index is 12.2. The number of morpholine rings is 1. The van der Waals surface area contributed by atoms with Crippen molar-refractivity contribution >= 4 is 17.6 Å². The van der Waals surface area contributed by atoms with E-state index in [4.69, 9.17) is 14.2 Å². The van der Waals surface area contributed by atoms with Gasteiger partial charge in [0.15, 0.2) is 11.6 Å². The monoisotopic (exact) mass is 560 g/mol. The smallest absolute Gasteiger partial charge is 0.230 e. The SMILES string of the molecule is COc1ccc(CNc2nc(CCc3ccc(OCCN4CCOCC4)cc3)nc(CN3CC(=O)CC3=O)n2)cc1. The summed E-state index contributed by atoms with van der Waals surface area (Å²) in [6.07, 6.45) is 1.26. The van der Waals surface area contributed by atoms with Gasteiger partial charge >= 0.3 is 0 Å². The summed E-state index contributed by atoms with van der Waals surface area (Å²) in [5.41, 5.74) is 2.18. The highest BCUT2D eigenvalue weighted by molar-refractivity contribution is 6.05. The van der Waals surface area contributed by atoms with Crippen LogP contribution in [0.25, 0.3) is 0 Å². The Morgan fingerprint density at radius 1 is 0.878 bits per heavy atom. The molecule has 0 saturated carbocycles. The Hall–Kier alpha value is -4.09. The fraction of sp³-hybridized carbons (Fsp3) is 0.433. The van der Waals surface area contributed by atoms with Crippen LogP contribution in [0.4, 0.5) is 5.95 Å². The molecule has 0 bridgehead atoms. The minimum absolute atomic E-state index is 0.0621. The minimum Gasteiger partial charge on any atom is -0.497 e. The number of ether oxygens (including phenoxy) is 3. The Kier molecular flexibility index (Phi) is 9.71. The number of aryl methyl sites for hydroxylation is 2. The number of carbonyl (C=O) groups excluding carboxylic acids is 2. The predicted octanol–water partition coefficient (Wildman–Crippen LogP) is 2.29. The fourth-order valence-corrected chi connectivity index (χ4v) is 4.73. The zero-order valence-electron chi connectivity index (χ0n) is 23.4. The summed E-state index contributed by atoms with van der Waals surface area (Å²) in [5.74, 6) is 2.86. The van der Waals surface area contributed by atoms with E-state index in [-0.39, 0.29) is 31.2 Å². The number of nitrogens with zero attached hydrogens (tertiary/aromatic N) is 5. The van der Waals surface area contributed by atoms with Gasteiger partial charge in [-0.25, -0.2) is 4.98 Å². The number of Topliss-reactive ketones (excluding diaryl/α,β-unsaturated/α-hetero) is 1. The molecule has 1 aromatic heterocycles. The van der Waals surface area contributed by atoms with Crippen molar-refractivity contribution in [3.8, 4) is 11.5 Å². The third-order valence-electron chi connectivity index (χ3n) is 7.08. The molecular weight excluding hydrogens is 524 g/mol. The van der Waals surface area contributed by atoms with Crippen molar-refractivity contribution in [2.45, 2.75) is 32.4 Å². The summed E-state index contributed by atoms with van der Waals surface area (Å²) in [5, 5.41) is 3.27. The third-order valence-corrected chi connectivity index (χ3v) is 7.08. The van der Waals surface area contributed by atoms with Crippen LogP contribution in [0.2, 0.25) is 0 Å². The minimum atomic E-state index is -0.197. The molecule has 1 N–H and O–H groups in total. The van der Waals surface area contributed by atoms with Crippen LogP contribution in [0.5, 0.6) is 11.5 Å². The van der Waals surface area contributed by atoms with Gasteiger partial charge in [0.2, 0.25) is 11.9 Å². The van der Waals surface area contributed by atoms with Crippen LogP contribution in [0.15, 0.2) is 48.5 Å². The second kappa shape index (κ2) is 14.0. The fourth-order valence-electron chi connectivity index (χ4n) is 4.73. The molecule has 11 heteroatoms. The number of benzene rings is 2. The molecule has 0 spiro atoms. The zero-order chi connectivity index (χ0) is 28.4. The van der Waals surface area contributed by atoms with Gasteiger partial charge in [-0.1, -0.05) is 24.3 Å². The van der Waals surface area contributed by atoms with Crippen LogP contribution < -0.4 is 14.8 Å². The molecule has 41 heavy (non-hydrogen) atoms. The molecule has 3 heterocycles. The van der Waals surface area contributed by atoms with Gasteiger partial charge in [0.05, 0.1) is 39.8 Å². The van der Waals surface area contributed by atoms with Crippen LogP contribution in [-0.4, -0.2) is 89.6 Å². The average Bonchev–Trinajstić information content (AvgIpc) is 3.32. The molecule has 1 amide bonds. The van der Waals surface area contributed by atoms with Crippen LogP contribution in [0.3, 0.4) is 0 Å². The molecule has 2 aliphatic rings. The highest BCUT2D eigenvalue weighted by Gasteiger charge is 2.28. The van der Waals surface area contributed by atoms with Crippen LogP contribution in [-0.2, 0) is 40.3 Å². The Labute approximate surface area is 239 Å². The van der Waals surface area contributed by atoms with E-state index in [1.807, 2.05) is 36.4 Å². The van der Waals surface area contributed by atoms with Gasteiger partial charge in [0.25, 0.3) is 0 Å². The van der Waals surface area contributed by atoms with Gasteiger partial charge in [-0.3, -0.25) is 14.5 Å². The van der Waals surface area contributed by atoms with Crippen LogP contribution in [0.1, 0.15) is 29.2 Å². The van der Waals surface area contributed by atoms with Gasteiger partial charge in [0.1, 0.15) is 23.9 Å². The standard InChI is InChI=1S/C30H36N6O5/c1-39-25-7-4-23(5-8-25)19-31-30-33-27(32-28(34-30)21-36-20-24(37)18-29(36)38)11-6-22-2-9-26(10-3-22)41-17-14-35-12-15-40-16-13-35/h2-5,7-10H,6,11-21H2,1H3,(H,31,32,33,34). The first-order valence-corrected chi connectivity index (χ1v) is 14.0. The summed E-state index contributed by atoms with van der Waals surface area (Å²) in [7, 11) is 1.63. The summed E-state index contributed by atoms with van der Waals surface area (Å²) >= 11 is 0. The molecule has 0 radical (unpaired) electrons. The van der Waals surface area contributed by atoms with Crippen molar-refractivity contribution in [1.29, 1.82) is 0 Å². The van der Waals surface area contributed by atoms with Gasteiger partial charge in [-0.15, -0.1) is 0 Å². The molecular formula is C30H36N6O5. The number of nitrogens with one attached hydrogen (secondary N) is 1. The number of likely N-dealkylation sites (tertiary alicyclic amines) is 1. The summed E-state index contributed by atoms with van der Waals surface area (Å²) in [6, 6.07) is 15.8. The maximum Gasteiger partial charge on any atom is 0.230 e. The molecule has 3 aromatic rings. The van der Waals surface area contributed by atoms with E-state index >= 15 is 0 Å². The van der Waals surface area contributed by atoms with Gasteiger partial charge < -0.3 is 24.4 Å². The first kappa shape index (κ1) is 28.4. The lowest BCUT2D eigenvalue weighted by Crippen LogP contribution is -2.38. The second-order valence-corrected chi connectivity index (χ2v) is 10.1. The Balaban J connectivity index is 1.20. The van der Waals surface area contributed by atoms with Crippen molar-refractivity contribution in [3.63, 3.8) is 0 Å². The molecule has 216 valence electrons. The maximum atomic E-state index is 12.2. The molecule has 2 aromatic carbocycles. The van der Waals surface area contributed by atoms with E-state index in [1.165, 1.54) is 4.90 Å². The Morgan fingerprint density at radius 3 is 2.29 bits per heavy atom. The normalized spacial score (nSPS) is 15.8.